The van der Waals surface area contributed by atoms with Gasteiger partial charge in [0.2, 0.25) is 5.43 Å². The Labute approximate surface area is 258 Å². The number of carbonyl (C=O) groups is 1. The first-order valence-electron chi connectivity index (χ1n) is 14.0. The molecular weight excluding hydrogens is 583 g/mol. The number of aromatic nitrogens is 1. The molecule has 0 fully saturated rings. The van der Waals surface area contributed by atoms with Gasteiger partial charge in [-0.1, -0.05) is 36.4 Å². The Morgan fingerprint density at radius 1 is 0.909 bits per heavy atom. The third kappa shape index (κ3) is 6.61. The lowest BCUT2D eigenvalue weighted by atomic mass is 10.0. The molecule has 0 spiro atoms. The second kappa shape index (κ2) is 13.7. The Hall–Kier alpha value is -4.67. The zero-order valence-electron chi connectivity index (χ0n) is 25.0. The minimum atomic E-state index is -0.961. The highest BCUT2D eigenvalue weighted by Crippen LogP contribution is 2.40. The van der Waals surface area contributed by atoms with Crippen LogP contribution in [0.5, 0.6) is 17.2 Å². The van der Waals surface area contributed by atoms with Crippen LogP contribution in [0, 0.1) is 5.82 Å². The number of methoxy groups -OCH3 is 2. The van der Waals surface area contributed by atoms with E-state index in [0.29, 0.717) is 46.9 Å². The topological polar surface area (TPSA) is 79.2 Å². The van der Waals surface area contributed by atoms with E-state index in [1.165, 1.54) is 23.6 Å². The number of fused-ring (bicyclic) bond motifs is 1. The largest absolute Gasteiger partial charge is 0.514 e. The Balaban J connectivity index is 1.71. The lowest BCUT2D eigenvalue weighted by Crippen LogP contribution is -2.21. The van der Waals surface area contributed by atoms with Crippen molar-refractivity contribution in [3.63, 3.8) is 0 Å². The average Bonchev–Trinajstić information content (AvgIpc) is 3.40. The molecule has 2 heterocycles. The highest BCUT2D eigenvalue weighted by molar-refractivity contribution is 7.22. The molecule has 0 saturated heterocycles. The number of halogens is 1. The van der Waals surface area contributed by atoms with Crippen molar-refractivity contribution in [1.82, 2.24) is 9.47 Å². The minimum absolute atomic E-state index is 0.0998. The number of hydrogen-bond donors (Lipinski definition) is 0. The zero-order chi connectivity index (χ0) is 31.2. The molecule has 0 unspecified atom stereocenters. The molecule has 0 radical (unpaired) electrons. The van der Waals surface area contributed by atoms with E-state index >= 15 is 0 Å². The summed E-state index contributed by atoms with van der Waals surface area (Å²) in [4.78, 5) is 30.0. The molecule has 5 aromatic rings. The van der Waals surface area contributed by atoms with Gasteiger partial charge in [0, 0.05) is 29.1 Å². The lowest BCUT2D eigenvalue weighted by molar-refractivity contribution is 0.104. The van der Waals surface area contributed by atoms with Crippen LogP contribution in [0.2, 0.25) is 0 Å². The fourth-order valence-corrected chi connectivity index (χ4v) is 6.37. The number of carbonyl (C=O) groups excluding carboxylic acids is 1. The van der Waals surface area contributed by atoms with Crippen molar-refractivity contribution in [3.05, 3.63) is 112 Å². The fourth-order valence-electron chi connectivity index (χ4n) is 5.08. The van der Waals surface area contributed by atoms with Gasteiger partial charge in [-0.15, -0.1) is 11.3 Å². The number of hydrogen-bond acceptors (Lipinski definition) is 8. The molecule has 0 aliphatic carbocycles. The van der Waals surface area contributed by atoms with E-state index in [1.54, 1.807) is 39.3 Å². The van der Waals surface area contributed by atoms with Crippen LogP contribution in [0.3, 0.4) is 0 Å². The molecule has 0 saturated carbocycles. The van der Waals surface area contributed by atoms with Crippen LogP contribution in [0.25, 0.3) is 20.7 Å². The van der Waals surface area contributed by atoms with E-state index in [4.69, 9.17) is 18.9 Å². The third-order valence-electron chi connectivity index (χ3n) is 7.14. The monoisotopic (exact) mass is 616 g/mol. The van der Waals surface area contributed by atoms with Crippen molar-refractivity contribution in [3.8, 4) is 27.7 Å². The third-order valence-corrected chi connectivity index (χ3v) is 8.46. The number of para-hydroxylation sites is 1. The summed E-state index contributed by atoms with van der Waals surface area (Å²) < 4.78 is 37.9. The first-order valence-corrected chi connectivity index (χ1v) is 14.9. The van der Waals surface area contributed by atoms with Crippen LogP contribution in [0.4, 0.5) is 9.18 Å². The molecular formula is C34H33FN2O6S. The molecule has 8 nitrogen and oxygen atoms in total. The quantitative estimate of drug-likeness (QED) is 0.147. The SMILES string of the molecule is CCOC(=O)Oc1cn(Cc2ccccc2OC)c2sc(-c3ccc(OC)cc3)c(CN(C)Cc3ccccc3F)c2c1=O. The Morgan fingerprint density at radius 2 is 1.61 bits per heavy atom. The number of thiophene rings is 1. The number of pyridine rings is 1. The van der Waals surface area contributed by atoms with Crippen molar-refractivity contribution in [2.75, 3.05) is 27.9 Å². The fraction of sp³-hybridized carbons (Fsp3) is 0.235. The smallest absolute Gasteiger partial charge is 0.497 e. The summed E-state index contributed by atoms with van der Waals surface area (Å²) in [6.07, 6.45) is 0.575. The van der Waals surface area contributed by atoms with Crippen molar-refractivity contribution in [2.24, 2.45) is 0 Å². The van der Waals surface area contributed by atoms with Crippen molar-refractivity contribution in [2.45, 2.75) is 26.6 Å². The van der Waals surface area contributed by atoms with Crippen molar-refractivity contribution in [1.29, 1.82) is 0 Å². The predicted molar refractivity (Wildman–Crippen MR) is 169 cm³/mol. The molecule has 0 atom stereocenters. The van der Waals surface area contributed by atoms with Crippen LogP contribution in [0.1, 0.15) is 23.6 Å². The van der Waals surface area contributed by atoms with Gasteiger partial charge in [0.25, 0.3) is 0 Å². The van der Waals surface area contributed by atoms with E-state index in [2.05, 4.69) is 0 Å². The summed E-state index contributed by atoms with van der Waals surface area (Å²) >= 11 is 1.46. The molecule has 10 heteroatoms. The molecule has 5 rings (SSSR count). The highest BCUT2D eigenvalue weighted by Gasteiger charge is 2.24. The number of ether oxygens (including phenoxy) is 4. The maximum absolute atomic E-state index is 14.6. The summed E-state index contributed by atoms with van der Waals surface area (Å²) in [5.74, 6) is 0.940. The van der Waals surface area contributed by atoms with Crippen molar-refractivity contribution >= 4 is 27.7 Å². The lowest BCUT2D eigenvalue weighted by Gasteiger charge is -2.18. The molecule has 0 aliphatic rings. The minimum Gasteiger partial charge on any atom is -0.497 e. The van der Waals surface area contributed by atoms with Gasteiger partial charge >= 0.3 is 6.16 Å². The van der Waals surface area contributed by atoms with E-state index in [9.17, 15) is 14.0 Å². The normalized spacial score (nSPS) is 11.1. The van der Waals surface area contributed by atoms with Gasteiger partial charge < -0.3 is 23.5 Å². The Bertz CT molecular complexity index is 1830. The molecule has 2 aromatic heterocycles. The van der Waals surface area contributed by atoms with Gasteiger partial charge in [-0.25, -0.2) is 9.18 Å². The van der Waals surface area contributed by atoms with Gasteiger partial charge in [0.05, 0.1) is 39.0 Å². The van der Waals surface area contributed by atoms with Gasteiger partial charge in [-0.2, -0.15) is 0 Å². The number of benzene rings is 3. The number of rotatable bonds is 11. The molecule has 0 bridgehead atoms. The van der Waals surface area contributed by atoms with E-state index in [-0.39, 0.29) is 18.2 Å². The van der Waals surface area contributed by atoms with Crippen LogP contribution in [0.15, 0.2) is 83.8 Å². The molecule has 44 heavy (non-hydrogen) atoms. The standard InChI is InChI=1S/C34H33FN2O6S/c1-5-42-34(39)43-29-21-37(19-24-11-7-9-13-28(24)41-4)33-30(31(29)38)26(20-36(2)18-23-10-6-8-12-27(23)35)32(44-33)22-14-16-25(40-3)17-15-22/h6-17,21H,5,18-20H2,1-4H3. The summed E-state index contributed by atoms with van der Waals surface area (Å²) in [5, 5.41) is 0.415. The van der Waals surface area contributed by atoms with Crippen molar-refractivity contribution < 1.29 is 28.1 Å². The maximum Gasteiger partial charge on any atom is 0.514 e. The Morgan fingerprint density at radius 3 is 2.30 bits per heavy atom. The zero-order valence-corrected chi connectivity index (χ0v) is 25.8. The van der Waals surface area contributed by atoms with Crippen LogP contribution < -0.4 is 19.6 Å². The summed E-state index contributed by atoms with van der Waals surface area (Å²) in [5.41, 5.74) is 2.61. The first kappa shape index (κ1) is 30.8. The van der Waals surface area contributed by atoms with E-state index in [0.717, 1.165) is 21.6 Å². The molecule has 0 amide bonds. The molecule has 0 N–H and O–H groups in total. The van der Waals surface area contributed by atoms with Crippen LogP contribution in [-0.4, -0.2) is 43.5 Å². The van der Waals surface area contributed by atoms with E-state index in [1.807, 2.05) is 65.0 Å². The van der Waals surface area contributed by atoms with Crippen LogP contribution in [-0.2, 0) is 24.4 Å². The van der Waals surface area contributed by atoms with Gasteiger partial charge in [-0.3, -0.25) is 9.69 Å². The van der Waals surface area contributed by atoms with Gasteiger partial charge in [0.15, 0.2) is 5.75 Å². The number of nitrogens with zero attached hydrogens (tertiary/aromatic N) is 2. The molecule has 0 aliphatic heterocycles. The second-order valence-electron chi connectivity index (χ2n) is 10.1. The summed E-state index contributed by atoms with van der Waals surface area (Å²) in [6.45, 7) is 2.74. The Kier molecular flexibility index (Phi) is 9.62. The van der Waals surface area contributed by atoms with Gasteiger partial charge in [0.1, 0.15) is 22.1 Å². The first-order chi connectivity index (χ1) is 21.3. The van der Waals surface area contributed by atoms with E-state index < -0.39 is 11.6 Å². The summed E-state index contributed by atoms with van der Waals surface area (Å²) in [7, 11) is 5.08. The molecule has 228 valence electrons. The van der Waals surface area contributed by atoms with Gasteiger partial charge in [-0.05, 0) is 61.5 Å². The summed E-state index contributed by atoms with van der Waals surface area (Å²) in [6, 6.07) is 21.8. The van der Waals surface area contributed by atoms with Crippen LogP contribution >= 0.6 is 11.3 Å². The second-order valence-corrected chi connectivity index (χ2v) is 11.1. The predicted octanol–water partition coefficient (Wildman–Crippen LogP) is 7.10. The maximum atomic E-state index is 14.6. The molecule has 3 aromatic carbocycles. The average molecular weight is 617 g/mol. The highest BCUT2D eigenvalue weighted by atomic mass is 32.1.